The van der Waals surface area contributed by atoms with E-state index in [0.717, 1.165) is 20.7 Å². The van der Waals surface area contributed by atoms with Crippen LogP contribution in [0.5, 0.6) is 0 Å². The Labute approximate surface area is 365 Å². The van der Waals surface area contributed by atoms with Crippen LogP contribution in [0.4, 0.5) is 4.79 Å². The Balaban J connectivity index is 0.000000288. The summed E-state index contributed by atoms with van der Waals surface area (Å²) in [5.41, 5.74) is 1.96. The molecule has 0 N–H and O–H groups in total. The first kappa shape index (κ1) is 50.1. The highest BCUT2D eigenvalue weighted by Gasteiger charge is 2.55. The summed E-state index contributed by atoms with van der Waals surface area (Å²) in [5, 5.41) is 17.4. The number of rotatable bonds is 12. The van der Waals surface area contributed by atoms with Gasteiger partial charge >= 0.3 is 18.0 Å². The van der Waals surface area contributed by atoms with Gasteiger partial charge in [0, 0.05) is 34.7 Å². The van der Waals surface area contributed by atoms with E-state index in [4.69, 9.17) is 36.3 Å². The Morgan fingerprint density at radius 1 is 0.885 bits per heavy atom. The zero-order valence-corrected chi connectivity index (χ0v) is 38.0. The molecule has 0 saturated heterocycles. The van der Waals surface area contributed by atoms with Crippen molar-refractivity contribution in [3.8, 4) is 34.9 Å². The minimum Gasteiger partial charge on any atom is -0.465 e. The Morgan fingerprint density at radius 2 is 1.39 bits per heavy atom. The molecule has 0 fully saturated rings. The zero-order valence-electron chi connectivity index (χ0n) is 34.8. The summed E-state index contributed by atoms with van der Waals surface area (Å²) < 4.78 is 63.4. The SMILES string of the molecule is CCOC(=O)C(CCC#N)c1cnc(-c2ccc(C)cc2)n1C(=O)OC(C)(C)C.CCOC(=O)C1(CCC#N)CS(=O)(=O)n2c1cnc2-c1ccc(C)cc1.O=S(=O)(Cl)CCl. The first-order chi connectivity index (χ1) is 28.6. The average Bonchev–Trinajstić information content (AvgIpc) is 3.89. The Bertz CT molecular complexity index is 2480. The largest absolute Gasteiger partial charge is 0.465 e. The number of ether oxygens (including phenoxy) is 3. The summed E-state index contributed by atoms with van der Waals surface area (Å²) in [6.07, 6.45) is 2.73. The van der Waals surface area contributed by atoms with Gasteiger partial charge in [0.15, 0.2) is 5.82 Å². The van der Waals surface area contributed by atoms with Crippen molar-refractivity contribution in [2.75, 3.05) is 24.2 Å². The summed E-state index contributed by atoms with van der Waals surface area (Å²) in [5.74, 6) is -1.70. The maximum atomic E-state index is 13.0. The third-order valence-electron chi connectivity index (χ3n) is 8.84. The minimum absolute atomic E-state index is 0.0411. The van der Waals surface area contributed by atoms with E-state index in [1.54, 1.807) is 46.8 Å². The van der Waals surface area contributed by atoms with Gasteiger partial charge in [-0.1, -0.05) is 59.7 Å². The van der Waals surface area contributed by atoms with Crippen molar-refractivity contribution >= 4 is 59.4 Å². The van der Waals surface area contributed by atoms with E-state index in [0.29, 0.717) is 17.1 Å². The van der Waals surface area contributed by atoms with E-state index in [-0.39, 0.29) is 50.4 Å². The normalized spacial score (nSPS) is 15.6. The van der Waals surface area contributed by atoms with Crippen LogP contribution < -0.4 is 0 Å². The predicted molar refractivity (Wildman–Crippen MR) is 228 cm³/mol. The molecule has 61 heavy (non-hydrogen) atoms. The van der Waals surface area contributed by atoms with Gasteiger partial charge in [-0.05, 0) is 61.3 Å². The quantitative estimate of drug-likeness (QED) is 0.0580. The van der Waals surface area contributed by atoms with Crippen molar-refractivity contribution in [3.63, 3.8) is 0 Å². The van der Waals surface area contributed by atoms with Crippen molar-refractivity contribution in [1.29, 1.82) is 10.5 Å². The van der Waals surface area contributed by atoms with Gasteiger partial charge in [-0.15, -0.1) is 11.6 Å². The molecule has 3 heterocycles. The molecule has 5 rings (SSSR count). The third-order valence-corrected chi connectivity index (χ3v) is 12.4. The van der Waals surface area contributed by atoms with Crippen molar-refractivity contribution in [2.24, 2.45) is 0 Å². The summed E-state index contributed by atoms with van der Waals surface area (Å²) in [6.45, 7) is 12.9. The number of halogens is 2. The number of fused-ring (bicyclic) bond motifs is 1. The number of aromatic nitrogens is 4. The van der Waals surface area contributed by atoms with Crippen molar-refractivity contribution in [3.05, 3.63) is 83.4 Å². The maximum absolute atomic E-state index is 13.0. The monoisotopic (exact) mass is 918 g/mol. The maximum Gasteiger partial charge on any atom is 0.420 e. The highest BCUT2D eigenvalue weighted by atomic mass is 35.7. The Morgan fingerprint density at radius 3 is 1.87 bits per heavy atom. The second-order valence-electron chi connectivity index (χ2n) is 14.7. The fourth-order valence-electron chi connectivity index (χ4n) is 6.14. The van der Waals surface area contributed by atoms with Crippen LogP contribution in [0, 0.1) is 36.5 Å². The standard InChI is InChI=1S/C22H27N3O4.C18H19N3O4S.CH2Cl2O2S/c1-6-28-20(26)17(8-7-13-23)18-14-24-19(16-11-9-15(2)10-12-16)25(18)21(27)29-22(3,4)5;1-3-25-17(22)18(9-4-10-19)12-26(23,24)21-15(18)11-20-16(21)14-7-5-13(2)6-8-14;2-1-6(3,4)5/h9-12,14,17H,6-8H2,1-5H3;5-8,11H,3-4,9,12H2,1-2H3;1H2. The lowest BCUT2D eigenvalue weighted by atomic mass is 9.82. The highest BCUT2D eigenvalue weighted by molar-refractivity contribution is 8.14. The van der Waals surface area contributed by atoms with Gasteiger partial charge in [0.2, 0.25) is 19.1 Å². The molecule has 2 aromatic carbocycles. The van der Waals surface area contributed by atoms with Crippen LogP contribution in [-0.2, 0) is 48.3 Å². The molecule has 0 saturated carbocycles. The molecule has 2 aromatic heterocycles. The molecule has 2 atom stereocenters. The number of hydrogen-bond acceptors (Lipinski definition) is 14. The Kier molecular flexibility index (Phi) is 17.7. The fraction of sp³-hybridized carbons (Fsp3) is 0.439. The molecule has 0 aliphatic carbocycles. The van der Waals surface area contributed by atoms with Crippen LogP contribution in [0.2, 0.25) is 0 Å². The number of nitrogens with zero attached hydrogens (tertiary/aromatic N) is 6. The van der Waals surface area contributed by atoms with Gasteiger partial charge in [0.25, 0.3) is 0 Å². The van der Waals surface area contributed by atoms with Gasteiger partial charge in [-0.3, -0.25) is 9.59 Å². The number of aryl methyl sites for hydroxylation is 2. The summed E-state index contributed by atoms with van der Waals surface area (Å²) in [4.78, 5) is 47.0. The molecule has 20 heteroatoms. The number of carbonyl (C=O) groups is 3. The molecule has 16 nitrogen and oxygen atoms in total. The molecule has 1 aliphatic rings. The predicted octanol–water partition coefficient (Wildman–Crippen LogP) is 7.50. The van der Waals surface area contributed by atoms with E-state index in [1.807, 2.05) is 62.4 Å². The first-order valence-electron chi connectivity index (χ1n) is 18.9. The smallest absolute Gasteiger partial charge is 0.420 e. The Hall–Kier alpha value is -5.27. The van der Waals surface area contributed by atoms with Crippen LogP contribution in [-0.4, -0.2) is 83.2 Å². The van der Waals surface area contributed by atoms with Gasteiger partial charge < -0.3 is 14.2 Å². The number of esters is 2. The van der Waals surface area contributed by atoms with E-state index < -0.39 is 65.0 Å². The van der Waals surface area contributed by atoms with Crippen molar-refractivity contribution in [2.45, 2.75) is 91.1 Å². The minimum atomic E-state index is -3.81. The van der Waals surface area contributed by atoms with E-state index in [1.165, 1.54) is 17.0 Å². The third kappa shape index (κ3) is 13.1. The molecule has 2 unspecified atom stereocenters. The number of hydrogen-bond donors (Lipinski definition) is 0. The zero-order chi connectivity index (χ0) is 45.8. The van der Waals surface area contributed by atoms with Crippen molar-refractivity contribution in [1.82, 2.24) is 18.5 Å². The summed E-state index contributed by atoms with van der Waals surface area (Å²) in [6, 6.07) is 18.9. The lowest BCUT2D eigenvalue weighted by Gasteiger charge is -2.23. The number of imidazole rings is 2. The molecular weight excluding hydrogens is 872 g/mol. The molecular formula is C41H48Cl2N6O10S2. The highest BCUT2D eigenvalue weighted by Crippen LogP contribution is 2.42. The van der Waals surface area contributed by atoms with Crippen molar-refractivity contribution < 1.29 is 45.4 Å². The van der Waals surface area contributed by atoms with Crippen LogP contribution in [0.25, 0.3) is 22.8 Å². The molecule has 0 bridgehead atoms. The number of benzene rings is 2. The number of alkyl halides is 1. The van der Waals surface area contributed by atoms with Gasteiger partial charge in [0.1, 0.15) is 28.0 Å². The second kappa shape index (κ2) is 21.5. The summed E-state index contributed by atoms with van der Waals surface area (Å²) >= 11 is 4.76. The lowest BCUT2D eigenvalue weighted by Crippen LogP contribution is -2.39. The van der Waals surface area contributed by atoms with Gasteiger partial charge in [-0.25, -0.2) is 40.1 Å². The first-order valence-corrected chi connectivity index (χ1v) is 23.5. The molecule has 1 aliphatic heterocycles. The lowest BCUT2D eigenvalue weighted by molar-refractivity contribution is -0.149. The van der Waals surface area contributed by atoms with Gasteiger partial charge in [0.05, 0.1) is 54.9 Å². The van der Waals surface area contributed by atoms with Crippen LogP contribution >= 0.6 is 22.3 Å². The molecule has 4 aromatic rings. The molecule has 0 radical (unpaired) electrons. The van der Waals surface area contributed by atoms with E-state index in [9.17, 15) is 31.2 Å². The van der Waals surface area contributed by atoms with E-state index in [2.05, 4.69) is 20.7 Å². The number of nitriles is 2. The number of carbonyl (C=O) groups excluding carboxylic acids is 3. The fourth-order valence-corrected chi connectivity index (χ4v) is 8.24. The van der Waals surface area contributed by atoms with E-state index >= 15 is 0 Å². The molecule has 0 amide bonds. The van der Waals surface area contributed by atoms with Crippen LogP contribution in [0.15, 0.2) is 60.9 Å². The van der Waals surface area contributed by atoms with Crippen LogP contribution in [0.3, 0.4) is 0 Å². The van der Waals surface area contributed by atoms with Crippen LogP contribution in [0.1, 0.15) is 88.7 Å². The molecule has 328 valence electrons. The topological polar surface area (TPSA) is 230 Å². The second-order valence-corrected chi connectivity index (χ2v) is 19.8. The van der Waals surface area contributed by atoms with Gasteiger partial charge in [-0.2, -0.15) is 10.5 Å². The summed E-state index contributed by atoms with van der Waals surface area (Å²) in [7, 11) is -2.68. The average molecular weight is 920 g/mol. The molecule has 0 spiro atoms.